The Morgan fingerprint density at radius 3 is 2.94 bits per heavy atom. The summed E-state index contributed by atoms with van der Waals surface area (Å²) < 4.78 is 0.919. The van der Waals surface area contributed by atoms with Crippen LogP contribution in [-0.2, 0) is 6.42 Å². The summed E-state index contributed by atoms with van der Waals surface area (Å²) in [5.41, 5.74) is 0.852. The Morgan fingerprint density at radius 1 is 1.50 bits per heavy atom. The number of hydrogen-bond donors (Lipinski definition) is 1. The van der Waals surface area contributed by atoms with Gasteiger partial charge in [-0.2, -0.15) is 0 Å². The molecule has 2 nitrogen and oxygen atoms in total. The highest BCUT2D eigenvalue weighted by molar-refractivity contribution is 9.10. The number of halogens is 2. The zero-order valence-electron chi connectivity index (χ0n) is 10.2. The maximum Gasteiger partial charge on any atom is 0.152 e. The Kier molecular flexibility index (Phi) is 4.65. The fraction of sp³-hybridized carbons (Fsp3) is 0.308. The number of thiophene rings is 1. The van der Waals surface area contributed by atoms with Gasteiger partial charge in [0.05, 0.1) is 11.7 Å². The van der Waals surface area contributed by atoms with E-state index in [2.05, 4.69) is 52.2 Å². The summed E-state index contributed by atoms with van der Waals surface area (Å²) in [6.07, 6.45) is 2.77. The quantitative estimate of drug-likeness (QED) is 0.761. The van der Waals surface area contributed by atoms with Gasteiger partial charge in [0.25, 0.3) is 0 Å². The lowest BCUT2D eigenvalue weighted by atomic mass is 10.2. The summed E-state index contributed by atoms with van der Waals surface area (Å²) in [4.78, 5) is 6.81. The lowest BCUT2D eigenvalue weighted by Crippen LogP contribution is -2.05. The van der Waals surface area contributed by atoms with Gasteiger partial charge in [-0.25, -0.2) is 4.98 Å². The molecule has 0 saturated carbocycles. The molecule has 0 aliphatic carbocycles. The van der Waals surface area contributed by atoms with E-state index in [1.54, 1.807) is 6.20 Å². The average Bonchev–Trinajstić information content (AvgIpc) is 2.82. The Bertz CT molecular complexity index is 542. The number of nitrogens with zero attached hydrogens (tertiary/aromatic N) is 1. The molecule has 0 radical (unpaired) electrons. The molecule has 0 aliphatic rings. The third kappa shape index (κ3) is 3.25. The van der Waals surface area contributed by atoms with Crippen molar-refractivity contribution in [3.8, 4) is 0 Å². The molecule has 0 aromatic carbocycles. The molecule has 0 spiro atoms. The zero-order valence-corrected chi connectivity index (χ0v) is 13.4. The number of pyridine rings is 1. The lowest BCUT2D eigenvalue weighted by Gasteiger charge is -2.14. The molecule has 1 N–H and O–H groups in total. The normalized spacial score (nSPS) is 12.4. The van der Waals surface area contributed by atoms with E-state index in [0.29, 0.717) is 5.15 Å². The predicted molar refractivity (Wildman–Crippen MR) is 82.7 cm³/mol. The molecule has 0 amide bonds. The lowest BCUT2D eigenvalue weighted by molar-refractivity contribution is 0.905. The van der Waals surface area contributed by atoms with E-state index in [-0.39, 0.29) is 6.04 Å². The minimum absolute atomic E-state index is 0.226. The van der Waals surface area contributed by atoms with Crippen molar-refractivity contribution in [1.29, 1.82) is 0 Å². The van der Waals surface area contributed by atoms with Crippen molar-refractivity contribution >= 4 is 44.6 Å². The monoisotopic (exact) mass is 344 g/mol. The summed E-state index contributed by atoms with van der Waals surface area (Å²) in [5.74, 6) is 0. The van der Waals surface area contributed by atoms with Crippen LogP contribution in [0.4, 0.5) is 5.69 Å². The van der Waals surface area contributed by atoms with E-state index >= 15 is 0 Å². The standard InChI is InChI=1S/C13H14BrClN2S/c1-3-10-4-5-12(18-10)8(2)17-11-6-9(14)7-16-13(11)15/h4-8,17H,3H2,1-2H3. The fourth-order valence-corrected chi connectivity index (χ4v) is 3.09. The highest BCUT2D eigenvalue weighted by atomic mass is 79.9. The van der Waals surface area contributed by atoms with Crippen LogP contribution in [0.3, 0.4) is 0 Å². The molecular formula is C13H14BrClN2S. The molecule has 18 heavy (non-hydrogen) atoms. The van der Waals surface area contributed by atoms with E-state index in [4.69, 9.17) is 11.6 Å². The summed E-state index contributed by atoms with van der Waals surface area (Å²) >= 11 is 11.3. The van der Waals surface area contributed by atoms with Gasteiger partial charge in [0.15, 0.2) is 5.15 Å². The van der Waals surface area contributed by atoms with Gasteiger partial charge in [0, 0.05) is 20.4 Å². The van der Waals surface area contributed by atoms with Gasteiger partial charge in [-0.1, -0.05) is 18.5 Å². The molecule has 0 saturated heterocycles. The van der Waals surface area contributed by atoms with Crippen molar-refractivity contribution in [2.24, 2.45) is 0 Å². The minimum atomic E-state index is 0.226. The van der Waals surface area contributed by atoms with Crippen LogP contribution >= 0.6 is 38.9 Å². The molecular weight excluding hydrogens is 332 g/mol. The smallest absolute Gasteiger partial charge is 0.152 e. The van der Waals surface area contributed by atoms with Crippen molar-refractivity contribution in [1.82, 2.24) is 4.98 Å². The summed E-state index contributed by atoms with van der Waals surface area (Å²) in [5, 5.41) is 3.89. The first-order valence-electron chi connectivity index (χ1n) is 5.76. The summed E-state index contributed by atoms with van der Waals surface area (Å²) in [7, 11) is 0. The largest absolute Gasteiger partial charge is 0.375 e. The number of rotatable bonds is 4. The summed E-state index contributed by atoms with van der Waals surface area (Å²) in [6, 6.07) is 6.52. The van der Waals surface area contributed by atoms with Gasteiger partial charge < -0.3 is 5.32 Å². The van der Waals surface area contributed by atoms with Gasteiger partial charge >= 0.3 is 0 Å². The van der Waals surface area contributed by atoms with Crippen molar-refractivity contribution in [3.05, 3.63) is 43.8 Å². The minimum Gasteiger partial charge on any atom is -0.375 e. The van der Waals surface area contributed by atoms with Crippen LogP contribution in [0.15, 0.2) is 28.9 Å². The van der Waals surface area contributed by atoms with E-state index in [1.807, 2.05) is 17.4 Å². The molecule has 2 rings (SSSR count). The molecule has 1 atom stereocenters. The maximum atomic E-state index is 6.07. The van der Waals surface area contributed by atoms with Crippen LogP contribution in [0.2, 0.25) is 5.15 Å². The SMILES string of the molecule is CCc1ccc(C(C)Nc2cc(Br)cnc2Cl)s1. The van der Waals surface area contributed by atoms with Crippen molar-refractivity contribution in [2.75, 3.05) is 5.32 Å². The van der Waals surface area contributed by atoms with E-state index in [0.717, 1.165) is 16.6 Å². The first kappa shape index (κ1) is 13.8. The zero-order chi connectivity index (χ0) is 13.1. The first-order chi connectivity index (χ1) is 8.60. The Morgan fingerprint density at radius 2 is 2.28 bits per heavy atom. The number of aryl methyl sites for hydroxylation is 1. The van der Waals surface area contributed by atoms with Crippen LogP contribution in [0.5, 0.6) is 0 Å². The number of anilines is 1. The molecule has 1 unspecified atom stereocenters. The second-order valence-electron chi connectivity index (χ2n) is 4.02. The highest BCUT2D eigenvalue weighted by Gasteiger charge is 2.11. The van der Waals surface area contributed by atoms with Crippen LogP contribution in [0.25, 0.3) is 0 Å². The molecule has 0 bridgehead atoms. The highest BCUT2D eigenvalue weighted by Crippen LogP contribution is 2.30. The van der Waals surface area contributed by atoms with Gasteiger partial charge in [-0.15, -0.1) is 11.3 Å². The van der Waals surface area contributed by atoms with E-state index in [9.17, 15) is 0 Å². The topological polar surface area (TPSA) is 24.9 Å². The summed E-state index contributed by atoms with van der Waals surface area (Å²) in [6.45, 7) is 4.30. The maximum absolute atomic E-state index is 6.07. The molecule has 0 aliphatic heterocycles. The van der Waals surface area contributed by atoms with E-state index in [1.165, 1.54) is 9.75 Å². The van der Waals surface area contributed by atoms with Gasteiger partial charge in [-0.05, 0) is 47.5 Å². The second-order valence-corrected chi connectivity index (χ2v) is 6.49. The van der Waals surface area contributed by atoms with Crippen molar-refractivity contribution in [2.45, 2.75) is 26.3 Å². The predicted octanol–water partition coefficient (Wildman–Crippen LogP) is 5.29. The second kappa shape index (κ2) is 6.04. The number of nitrogens with one attached hydrogen (secondary N) is 1. The molecule has 5 heteroatoms. The van der Waals surface area contributed by atoms with Gasteiger partial charge in [0.2, 0.25) is 0 Å². The Labute approximate surface area is 125 Å². The van der Waals surface area contributed by atoms with Crippen LogP contribution in [0.1, 0.15) is 29.6 Å². The number of aromatic nitrogens is 1. The van der Waals surface area contributed by atoms with Crippen LogP contribution in [-0.4, -0.2) is 4.98 Å². The molecule has 2 aromatic rings. The van der Waals surface area contributed by atoms with E-state index < -0.39 is 0 Å². The van der Waals surface area contributed by atoms with Crippen LogP contribution < -0.4 is 5.32 Å². The third-order valence-electron chi connectivity index (χ3n) is 2.64. The fourth-order valence-electron chi connectivity index (χ4n) is 1.65. The molecule has 96 valence electrons. The Hall–Kier alpha value is -0.580. The molecule has 2 aromatic heterocycles. The van der Waals surface area contributed by atoms with Crippen LogP contribution in [0, 0.1) is 0 Å². The van der Waals surface area contributed by atoms with Gasteiger partial charge in [-0.3, -0.25) is 0 Å². The molecule has 2 heterocycles. The first-order valence-corrected chi connectivity index (χ1v) is 7.75. The van der Waals surface area contributed by atoms with Crippen molar-refractivity contribution < 1.29 is 0 Å². The van der Waals surface area contributed by atoms with Gasteiger partial charge in [0.1, 0.15) is 0 Å². The van der Waals surface area contributed by atoms with Crippen molar-refractivity contribution in [3.63, 3.8) is 0 Å². The molecule has 0 fully saturated rings. The number of hydrogen-bond acceptors (Lipinski definition) is 3. The third-order valence-corrected chi connectivity index (χ3v) is 4.78. The Balaban J connectivity index is 2.15. The average molecular weight is 346 g/mol.